The molecule has 9 aliphatic rings. The minimum Gasteiger partial charge on any atom is -0.480 e. The number of fused-ring (bicyclic) bond motifs is 1. The number of guanidine groups is 1. The number of rotatable bonds is 10. The molecule has 71 heavy (non-hydrogen) atoms. The number of nitrogens with zero attached hydrogens (tertiary/aromatic N) is 8. The Bertz CT molecular complexity index is 2200. The molecular weight excluding hydrogens is 941 g/mol. The maximum absolute atomic E-state index is 12.5. The first-order valence-corrected chi connectivity index (χ1v) is 30.0. The first-order valence-electron chi connectivity index (χ1n) is 27.2. The molecule has 1 saturated carbocycles. The number of pyridine rings is 1. The molecule has 1 aromatic heterocycles. The van der Waals surface area contributed by atoms with E-state index in [9.17, 15) is 22.8 Å². The predicted molar refractivity (Wildman–Crippen MR) is 281 cm³/mol. The van der Waals surface area contributed by atoms with Crippen LogP contribution in [0.2, 0.25) is 0 Å². The van der Waals surface area contributed by atoms with Crippen molar-refractivity contribution >= 4 is 56.9 Å². The van der Waals surface area contributed by atoms with Crippen molar-refractivity contribution in [3.05, 3.63) is 28.3 Å². The molecule has 9 heterocycles. The topological polar surface area (TPSA) is 174 Å². The third kappa shape index (κ3) is 14.1. The van der Waals surface area contributed by atoms with Gasteiger partial charge in [-0.25, -0.2) is 23.4 Å². The number of likely N-dealkylation sites (tertiary alicyclic amines) is 5. The molecule has 10 rings (SSSR count). The van der Waals surface area contributed by atoms with E-state index in [-0.39, 0.29) is 22.9 Å². The molecule has 17 nitrogen and oxygen atoms in total. The maximum atomic E-state index is 12.5. The Balaban J connectivity index is 0.000000194. The van der Waals surface area contributed by atoms with Gasteiger partial charge in [0.05, 0.1) is 63.2 Å². The highest BCUT2D eigenvalue weighted by Crippen LogP contribution is 2.44. The Kier molecular flexibility index (Phi) is 19.2. The number of quaternary nitrogens is 1. The number of morpholine rings is 1. The SMILES string of the molecule is CC[NH+]1CCC(N2CCCCC2=O)CC1.COc1ncc(C2=NC(N3CCOCC3)=NC3C(CN4CCC(N5CCCCC5=O)CC4)=C(C)SC23)cc1NS(C)(=O)=O.O=C1CCCCN1C1CCCCC1. The number of methoxy groups -OCH3 is 1. The van der Waals surface area contributed by atoms with Gasteiger partial charge in [0.25, 0.3) is 0 Å². The molecule has 8 aliphatic heterocycles. The summed E-state index contributed by atoms with van der Waals surface area (Å²) >= 11 is 1.77. The molecule has 2 atom stereocenters. The van der Waals surface area contributed by atoms with Crippen molar-refractivity contribution < 1.29 is 37.2 Å². The van der Waals surface area contributed by atoms with E-state index in [1.54, 1.807) is 28.9 Å². The van der Waals surface area contributed by atoms with Crippen molar-refractivity contribution in [3.63, 3.8) is 0 Å². The summed E-state index contributed by atoms with van der Waals surface area (Å²) in [5.41, 5.74) is 3.14. The van der Waals surface area contributed by atoms with E-state index in [2.05, 4.69) is 48.1 Å². The van der Waals surface area contributed by atoms with Crippen LogP contribution >= 0.6 is 11.8 Å². The number of thioether (sulfide) groups is 1. The smallest absolute Gasteiger partial charge is 0.238 e. The van der Waals surface area contributed by atoms with Crippen LogP contribution in [0.3, 0.4) is 0 Å². The summed E-state index contributed by atoms with van der Waals surface area (Å²) in [7, 11) is -2.08. The van der Waals surface area contributed by atoms with Gasteiger partial charge in [0.2, 0.25) is 39.6 Å². The lowest BCUT2D eigenvalue weighted by atomic mass is 9.92. The van der Waals surface area contributed by atoms with Gasteiger partial charge in [-0.2, -0.15) is 0 Å². The van der Waals surface area contributed by atoms with Gasteiger partial charge in [-0.15, -0.1) is 11.8 Å². The summed E-state index contributed by atoms with van der Waals surface area (Å²) in [5.74, 6) is 2.03. The molecule has 1 aliphatic carbocycles. The van der Waals surface area contributed by atoms with Crippen molar-refractivity contribution in [2.24, 2.45) is 9.98 Å². The summed E-state index contributed by atoms with van der Waals surface area (Å²) in [6.07, 6.45) is 22.9. The van der Waals surface area contributed by atoms with E-state index in [0.29, 0.717) is 74.5 Å². The second-order valence-corrected chi connectivity index (χ2v) is 24.1. The zero-order chi connectivity index (χ0) is 49.9. The number of ether oxygens (including phenoxy) is 2. The standard InChI is InChI=1S/C29H41N7O5S2.C12H22N2O.C11H19NO/c1-19-22(18-34-10-7-21(8-11-34)36-9-5-4-6-24(36)37)26-27(42-19)25(31-29(32-26)35-12-14-41-15-13-35)20-16-23(33-43(3,38)39)28(40-2)30-17-20;1-2-13-9-6-11(7-10-13)14-8-4-3-5-12(14)15;13-11-8-4-5-9-12(11)10-6-2-1-3-7-10/h16-17,21,26-27,33H,4-15,18H2,1-3H3;11H,2-10H2,1H3;10H,1-9H2/p+1. The van der Waals surface area contributed by atoms with E-state index >= 15 is 0 Å². The summed E-state index contributed by atoms with van der Waals surface area (Å²) in [4.78, 5) is 64.7. The number of sulfonamides is 1. The van der Waals surface area contributed by atoms with Crippen molar-refractivity contribution in [1.29, 1.82) is 0 Å². The van der Waals surface area contributed by atoms with Crippen LogP contribution in [0.15, 0.2) is 32.7 Å². The van der Waals surface area contributed by atoms with Crippen LogP contribution in [0.25, 0.3) is 0 Å². The number of anilines is 1. The third-order valence-electron chi connectivity index (χ3n) is 16.2. The van der Waals surface area contributed by atoms with Crippen molar-refractivity contribution in [2.75, 3.05) is 103 Å². The van der Waals surface area contributed by atoms with E-state index in [4.69, 9.17) is 19.5 Å². The van der Waals surface area contributed by atoms with Gasteiger partial charge < -0.3 is 34.0 Å². The summed E-state index contributed by atoms with van der Waals surface area (Å²) < 4.78 is 37.7. The van der Waals surface area contributed by atoms with Crippen molar-refractivity contribution in [3.8, 4) is 5.88 Å². The number of hydrogen-bond acceptors (Lipinski definition) is 13. The fourth-order valence-electron chi connectivity index (χ4n) is 12.1. The summed E-state index contributed by atoms with van der Waals surface area (Å²) in [6.45, 7) is 16.5. The molecular formula is C52H83N10O7S2+. The van der Waals surface area contributed by atoms with Crippen LogP contribution in [-0.4, -0.2) is 195 Å². The molecule has 7 fully saturated rings. The minimum atomic E-state index is -3.55. The largest absolute Gasteiger partial charge is 0.480 e. The molecule has 6 saturated heterocycles. The number of carbonyl (C=O) groups is 3. The van der Waals surface area contributed by atoms with Gasteiger partial charge in [0.15, 0.2) is 0 Å². The van der Waals surface area contributed by atoms with Gasteiger partial charge in [-0.1, -0.05) is 19.3 Å². The van der Waals surface area contributed by atoms with Gasteiger partial charge in [0.1, 0.15) is 5.69 Å². The number of allylic oxidation sites excluding steroid dienone is 1. The Morgan fingerprint density at radius 3 is 1.86 bits per heavy atom. The molecule has 0 aromatic carbocycles. The lowest BCUT2D eigenvalue weighted by Gasteiger charge is -2.40. The first kappa shape index (κ1) is 53.5. The first-order chi connectivity index (χ1) is 34.4. The molecule has 2 N–H and O–H groups in total. The fourth-order valence-corrected chi connectivity index (χ4v) is 14.0. The molecule has 2 unspecified atom stereocenters. The Labute approximate surface area is 428 Å². The molecule has 0 radical (unpaired) electrons. The fraction of sp³-hybridized carbons (Fsp3) is 0.769. The minimum absolute atomic E-state index is 0.0513. The summed E-state index contributed by atoms with van der Waals surface area (Å²) in [5, 5.41) is -0.0513. The van der Waals surface area contributed by atoms with Crippen LogP contribution in [0.5, 0.6) is 5.88 Å². The zero-order valence-corrected chi connectivity index (χ0v) is 44.8. The van der Waals surface area contributed by atoms with Crippen LogP contribution in [0, 0.1) is 0 Å². The number of hydrogen-bond donors (Lipinski definition) is 2. The van der Waals surface area contributed by atoms with E-state index < -0.39 is 10.0 Å². The normalized spacial score (nSPS) is 27.5. The number of aliphatic imine (C=N–C) groups is 2. The van der Waals surface area contributed by atoms with Crippen molar-refractivity contribution in [1.82, 2.24) is 29.5 Å². The highest BCUT2D eigenvalue weighted by molar-refractivity contribution is 8.04. The number of carbonyl (C=O) groups excluding carboxylic acids is 3. The second kappa shape index (κ2) is 25.4. The second-order valence-electron chi connectivity index (χ2n) is 21.0. The highest BCUT2D eigenvalue weighted by Gasteiger charge is 2.43. The average molecular weight is 1020 g/mol. The lowest BCUT2D eigenvalue weighted by molar-refractivity contribution is -0.903. The van der Waals surface area contributed by atoms with E-state index in [0.717, 1.165) is 108 Å². The van der Waals surface area contributed by atoms with Crippen molar-refractivity contribution in [2.45, 2.75) is 159 Å². The highest BCUT2D eigenvalue weighted by atomic mass is 32.2. The number of piperidine rings is 5. The maximum Gasteiger partial charge on any atom is 0.238 e. The molecule has 0 spiro atoms. The van der Waals surface area contributed by atoms with Crippen LogP contribution < -0.4 is 14.4 Å². The average Bonchev–Trinajstić information content (AvgIpc) is 3.71. The quantitative estimate of drug-likeness (QED) is 0.336. The molecule has 394 valence electrons. The number of nitrogens with one attached hydrogen (secondary N) is 2. The molecule has 1 aromatic rings. The van der Waals surface area contributed by atoms with E-state index in [1.807, 2.05) is 0 Å². The predicted octanol–water partition coefficient (Wildman–Crippen LogP) is 4.59. The van der Waals surface area contributed by atoms with Crippen LogP contribution in [-0.2, 0) is 29.1 Å². The van der Waals surface area contributed by atoms with Gasteiger partial charge in [-0.3, -0.25) is 24.0 Å². The summed E-state index contributed by atoms with van der Waals surface area (Å²) in [6, 6.07) is 3.17. The van der Waals surface area contributed by atoms with E-state index in [1.165, 1.54) is 95.0 Å². The Hall–Kier alpha value is -3.78. The molecule has 0 bridgehead atoms. The van der Waals surface area contributed by atoms with Gasteiger partial charge >= 0.3 is 0 Å². The molecule has 3 amide bonds. The van der Waals surface area contributed by atoms with Crippen LogP contribution in [0.4, 0.5) is 5.69 Å². The Morgan fingerprint density at radius 2 is 1.32 bits per heavy atom. The number of amides is 3. The lowest BCUT2D eigenvalue weighted by Crippen LogP contribution is -3.13. The third-order valence-corrected chi connectivity index (χ3v) is 18.1. The molecule has 19 heteroatoms. The Morgan fingerprint density at radius 1 is 0.761 bits per heavy atom. The zero-order valence-electron chi connectivity index (χ0n) is 43.2. The van der Waals surface area contributed by atoms with Crippen LogP contribution in [0.1, 0.15) is 135 Å². The number of aromatic nitrogens is 1. The monoisotopic (exact) mass is 1020 g/mol. The van der Waals surface area contributed by atoms with Gasteiger partial charge in [-0.05, 0) is 94.6 Å². The van der Waals surface area contributed by atoms with Gasteiger partial charge in [0, 0.05) is 114 Å².